The van der Waals surface area contributed by atoms with Gasteiger partial charge in [-0.1, -0.05) is 48.2 Å². The molecule has 1 unspecified atom stereocenters. The molecule has 0 saturated heterocycles. The van der Waals surface area contributed by atoms with Gasteiger partial charge in [0, 0.05) is 17.0 Å². The van der Waals surface area contributed by atoms with Crippen LogP contribution in [0.3, 0.4) is 0 Å². The molecule has 4 rings (SSSR count). The number of carbonyl (C=O) groups excluding carboxylic acids is 2. The molecule has 0 aliphatic heterocycles. The number of carbonyl (C=O) groups is 2. The molecule has 1 atom stereocenters. The van der Waals surface area contributed by atoms with Crippen LogP contribution in [0.2, 0.25) is 0 Å². The number of aryl methyl sites for hydroxylation is 1. The smallest absolute Gasteiger partial charge is 0.341 e. The second kappa shape index (κ2) is 12.7. The van der Waals surface area contributed by atoms with Gasteiger partial charge in [-0.05, 0) is 43.7 Å². The fraction of sp³-hybridized carbons (Fsp3) is 0.214. The van der Waals surface area contributed by atoms with Crippen molar-refractivity contribution >= 4 is 40.0 Å². The summed E-state index contributed by atoms with van der Waals surface area (Å²) < 4.78 is 26.0. The molecular weight excluding hydrogens is 539 g/mol. The number of rotatable bonds is 11. The third-order valence-electron chi connectivity index (χ3n) is 5.67. The summed E-state index contributed by atoms with van der Waals surface area (Å²) >= 11 is 2.52. The third-order valence-corrected chi connectivity index (χ3v) is 7.66. The summed E-state index contributed by atoms with van der Waals surface area (Å²) in [6, 6.07) is 15.2. The van der Waals surface area contributed by atoms with Gasteiger partial charge in [0.25, 0.3) is 0 Å². The maximum Gasteiger partial charge on any atom is 0.341 e. The summed E-state index contributed by atoms with van der Waals surface area (Å²) in [6.45, 7) is 7.92. The van der Waals surface area contributed by atoms with Crippen molar-refractivity contribution in [3.63, 3.8) is 0 Å². The van der Waals surface area contributed by atoms with E-state index in [0.717, 1.165) is 16.0 Å². The van der Waals surface area contributed by atoms with Crippen LogP contribution in [0.25, 0.3) is 11.1 Å². The molecule has 4 aromatic rings. The monoisotopic (exact) mass is 566 g/mol. The number of anilines is 1. The lowest BCUT2D eigenvalue weighted by Gasteiger charge is -2.15. The van der Waals surface area contributed by atoms with Crippen LogP contribution in [0.15, 0.2) is 72.4 Å². The maximum absolute atomic E-state index is 13.2. The fourth-order valence-corrected chi connectivity index (χ4v) is 5.79. The highest BCUT2D eigenvalue weighted by Gasteiger charge is 2.26. The summed E-state index contributed by atoms with van der Waals surface area (Å²) in [6.07, 6.45) is 1.21. The number of methoxy groups -OCH3 is 1. The Bertz CT molecular complexity index is 1470. The van der Waals surface area contributed by atoms with Crippen LogP contribution in [-0.2, 0) is 16.1 Å². The first-order valence-electron chi connectivity index (χ1n) is 12.0. The highest BCUT2D eigenvalue weighted by atomic mass is 32.2. The van der Waals surface area contributed by atoms with Crippen molar-refractivity contribution in [2.75, 3.05) is 18.2 Å². The van der Waals surface area contributed by atoms with Crippen LogP contribution in [0.1, 0.15) is 34.1 Å². The Kier molecular flexibility index (Phi) is 9.15. The van der Waals surface area contributed by atoms with Gasteiger partial charge in [-0.25, -0.2) is 9.18 Å². The topological polar surface area (TPSA) is 95.3 Å². The van der Waals surface area contributed by atoms with Crippen molar-refractivity contribution in [3.8, 4) is 16.9 Å². The molecule has 2 aromatic heterocycles. The number of ether oxygens (including phenoxy) is 2. The van der Waals surface area contributed by atoms with Crippen molar-refractivity contribution in [2.45, 2.75) is 31.7 Å². The molecule has 8 nitrogen and oxygen atoms in total. The SMILES string of the molecule is C=CCn1c(SCC(=O)Nc2sc(C)c(-c3ccccc3)c2C(=O)OC)nnc1C(C)Oc1ccc(F)cc1. The van der Waals surface area contributed by atoms with Crippen molar-refractivity contribution < 1.29 is 23.5 Å². The molecule has 11 heteroatoms. The largest absolute Gasteiger partial charge is 0.483 e. The zero-order chi connectivity index (χ0) is 27.9. The minimum Gasteiger partial charge on any atom is -0.483 e. The number of thioether (sulfide) groups is 1. The van der Waals surface area contributed by atoms with Gasteiger partial charge < -0.3 is 14.8 Å². The number of thiophene rings is 1. The van der Waals surface area contributed by atoms with E-state index in [1.807, 2.05) is 48.7 Å². The quantitative estimate of drug-likeness (QED) is 0.129. The van der Waals surface area contributed by atoms with E-state index < -0.39 is 12.1 Å². The number of halogens is 1. The van der Waals surface area contributed by atoms with Crippen LogP contribution in [0.5, 0.6) is 5.75 Å². The standard InChI is InChI=1S/C28H27FN4O4S2/c1-5-15-33-25(17(2)37-21-13-11-20(29)12-14-21)31-32-28(33)38-16-22(34)30-26-24(27(35)36-4)23(18(3)39-26)19-9-7-6-8-10-19/h5-14,17H,1,15-16H2,2-4H3,(H,30,34). The lowest BCUT2D eigenvalue weighted by atomic mass is 10.0. The predicted molar refractivity (Wildman–Crippen MR) is 151 cm³/mol. The van der Waals surface area contributed by atoms with Crippen LogP contribution in [0, 0.1) is 12.7 Å². The average molecular weight is 567 g/mol. The van der Waals surface area contributed by atoms with E-state index in [2.05, 4.69) is 22.1 Å². The van der Waals surface area contributed by atoms with Crippen molar-refractivity contribution in [1.82, 2.24) is 14.8 Å². The average Bonchev–Trinajstić information content (AvgIpc) is 3.49. The Balaban J connectivity index is 1.49. The molecule has 39 heavy (non-hydrogen) atoms. The van der Waals surface area contributed by atoms with Crippen molar-refractivity contribution in [2.24, 2.45) is 0 Å². The number of hydrogen-bond donors (Lipinski definition) is 1. The third kappa shape index (κ3) is 6.55. The van der Waals surface area contributed by atoms with Gasteiger partial charge in [0.2, 0.25) is 5.91 Å². The van der Waals surface area contributed by atoms with E-state index in [4.69, 9.17) is 9.47 Å². The molecule has 1 amide bonds. The Labute approximate surface area is 233 Å². The van der Waals surface area contributed by atoms with Crippen LogP contribution < -0.4 is 10.1 Å². The molecule has 0 radical (unpaired) electrons. The minimum absolute atomic E-state index is 0.0285. The lowest BCUT2D eigenvalue weighted by Crippen LogP contribution is -2.17. The molecule has 202 valence electrons. The first-order valence-corrected chi connectivity index (χ1v) is 13.8. The number of aromatic nitrogens is 3. The summed E-state index contributed by atoms with van der Waals surface area (Å²) in [5.41, 5.74) is 1.93. The highest BCUT2D eigenvalue weighted by molar-refractivity contribution is 7.99. The summed E-state index contributed by atoms with van der Waals surface area (Å²) in [7, 11) is 1.32. The molecule has 2 aromatic carbocycles. The zero-order valence-corrected chi connectivity index (χ0v) is 23.3. The molecule has 0 fully saturated rings. The number of nitrogens with zero attached hydrogens (tertiary/aromatic N) is 3. The first kappa shape index (κ1) is 28.1. The molecular formula is C28H27FN4O4S2. The van der Waals surface area contributed by atoms with Crippen LogP contribution >= 0.6 is 23.1 Å². The Morgan fingerprint density at radius 1 is 1.18 bits per heavy atom. The van der Waals surface area contributed by atoms with E-state index in [0.29, 0.717) is 33.8 Å². The zero-order valence-electron chi connectivity index (χ0n) is 21.6. The van der Waals surface area contributed by atoms with E-state index in [1.165, 1.54) is 54.5 Å². The van der Waals surface area contributed by atoms with Gasteiger partial charge in [-0.15, -0.1) is 28.1 Å². The van der Waals surface area contributed by atoms with Crippen LogP contribution in [-0.4, -0.2) is 39.5 Å². The van der Waals surface area contributed by atoms with Gasteiger partial charge in [0.05, 0.1) is 12.9 Å². The Hall–Kier alpha value is -3.96. The minimum atomic E-state index is -0.522. The summed E-state index contributed by atoms with van der Waals surface area (Å²) in [4.78, 5) is 26.6. The summed E-state index contributed by atoms with van der Waals surface area (Å²) in [5.74, 6) is -0.122. The van der Waals surface area contributed by atoms with Crippen molar-refractivity contribution in [3.05, 3.63) is 89.3 Å². The number of allylic oxidation sites excluding steroid dienone is 1. The normalized spacial score (nSPS) is 11.6. The Morgan fingerprint density at radius 3 is 2.56 bits per heavy atom. The fourth-order valence-electron chi connectivity index (χ4n) is 3.95. The molecule has 1 N–H and O–H groups in total. The maximum atomic E-state index is 13.2. The first-order chi connectivity index (χ1) is 18.8. The number of esters is 1. The summed E-state index contributed by atoms with van der Waals surface area (Å²) in [5, 5.41) is 12.3. The van der Waals surface area contributed by atoms with E-state index in [1.54, 1.807) is 6.08 Å². The molecule has 0 saturated carbocycles. The second-order valence-electron chi connectivity index (χ2n) is 8.39. The number of benzene rings is 2. The van der Waals surface area contributed by atoms with Gasteiger partial charge in [-0.3, -0.25) is 9.36 Å². The molecule has 0 spiro atoms. The molecule has 2 heterocycles. The van der Waals surface area contributed by atoms with E-state index in [-0.39, 0.29) is 17.5 Å². The Morgan fingerprint density at radius 2 is 1.90 bits per heavy atom. The second-order valence-corrected chi connectivity index (χ2v) is 10.6. The lowest BCUT2D eigenvalue weighted by molar-refractivity contribution is -0.113. The number of amides is 1. The van der Waals surface area contributed by atoms with Gasteiger partial charge in [0.1, 0.15) is 22.1 Å². The van der Waals surface area contributed by atoms with Gasteiger partial charge in [-0.2, -0.15) is 0 Å². The molecule has 0 aliphatic carbocycles. The molecule has 0 aliphatic rings. The van der Waals surface area contributed by atoms with Gasteiger partial charge in [0.15, 0.2) is 17.1 Å². The number of nitrogens with one attached hydrogen (secondary N) is 1. The van der Waals surface area contributed by atoms with Gasteiger partial charge >= 0.3 is 5.97 Å². The van der Waals surface area contributed by atoms with E-state index >= 15 is 0 Å². The molecule has 0 bridgehead atoms. The van der Waals surface area contributed by atoms with Crippen LogP contribution in [0.4, 0.5) is 9.39 Å². The predicted octanol–water partition coefficient (Wildman–Crippen LogP) is 6.30. The van der Waals surface area contributed by atoms with E-state index in [9.17, 15) is 14.0 Å². The van der Waals surface area contributed by atoms with Crippen molar-refractivity contribution in [1.29, 1.82) is 0 Å². The number of hydrogen-bond acceptors (Lipinski definition) is 8. The highest BCUT2D eigenvalue weighted by Crippen LogP contribution is 2.40.